The van der Waals surface area contributed by atoms with Gasteiger partial charge in [-0.15, -0.1) is 0 Å². The highest BCUT2D eigenvalue weighted by Crippen LogP contribution is 1.84. The first-order valence-corrected chi connectivity index (χ1v) is 6.53. The van der Waals surface area contributed by atoms with Gasteiger partial charge in [0, 0.05) is 0 Å². The number of hydrogen-bond donors (Lipinski definition) is 0. The van der Waals surface area contributed by atoms with Crippen LogP contribution in [0.2, 0.25) is 6.04 Å². The lowest BCUT2D eigenvalue weighted by Crippen LogP contribution is -2.05. The minimum atomic E-state index is -0.475. The Labute approximate surface area is 58.5 Å². The lowest BCUT2D eigenvalue weighted by molar-refractivity contribution is 0.501. The van der Waals surface area contributed by atoms with E-state index < -0.39 is 10.0 Å². The molecule has 0 rings (SSSR count). The highest BCUT2D eigenvalue weighted by molar-refractivity contribution is 6.41. The predicted molar refractivity (Wildman–Crippen MR) is 44.3 cm³/mol. The van der Waals surface area contributed by atoms with E-state index in [9.17, 15) is 0 Å². The van der Waals surface area contributed by atoms with Crippen LogP contribution in [0, 0.1) is 0 Å². The van der Waals surface area contributed by atoms with Crippen molar-refractivity contribution < 1.29 is 8.23 Å². The van der Waals surface area contributed by atoms with Crippen LogP contribution in [0.3, 0.4) is 0 Å². The van der Waals surface area contributed by atoms with E-state index in [2.05, 4.69) is 6.92 Å². The average molecular weight is 166 g/mol. The van der Waals surface area contributed by atoms with Crippen molar-refractivity contribution in [1.82, 2.24) is 0 Å². The third-order valence-electron chi connectivity index (χ3n) is 0.843. The van der Waals surface area contributed by atoms with Gasteiger partial charge in [-0.05, 0) is 6.04 Å². The van der Waals surface area contributed by atoms with Crippen LogP contribution in [0.15, 0.2) is 0 Å². The van der Waals surface area contributed by atoms with Crippen LogP contribution >= 0.6 is 0 Å². The molecule has 0 heterocycles. The van der Waals surface area contributed by atoms with Gasteiger partial charge in [0.1, 0.15) is 20.2 Å². The van der Waals surface area contributed by atoms with Crippen molar-refractivity contribution in [1.29, 1.82) is 0 Å². The Balaban J connectivity index is 2.53. The first-order valence-electron chi connectivity index (χ1n) is 2.98. The molecule has 0 aliphatic carbocycles. The molecule has 8 heavy (non-hydrogen) atoms. The molecule has 50 valence electrons. The van der Waals surface area contributed by atoms with Gasteiger partial charge in [0.2, 0.25) is 0 Å². The molecule has 0 bridgehead atoms. The fraction of sp³-hybridized carbons (Fsp3) is 1.00. The topological polar surface area (TPSA) is 18.5 Å². The Hall–Kier alpha value is 0.571. The zero-order valence-corrected chi connectivity index (χ0v) is 10.5. The highest BCUT2D eigenvalue weighted by Gasteiger charge is 1.84. The molecule has 2 nitrogen and oxygen atoms in total. The van der Waals surface area contributed by atoms with E-state index in [0.29, 0.717) is 0 Å². The summed E-state index contributed by atoms with van der Waals surface area (Å²) in [7, 11) is 0.250. The molecule has 0 aliphatic rings. The zero-order valence-electron chi connectivity index (χ0n) is 5.64. The molecule has 0 radical (unpaired) electrons. The van der Waals surface area contributed by atoms with E-state index >= 15 is 0 Å². The first kappa shape index (κ1) is 8.57. The lowest BCUT2D eigenvalue weighted by atomic mass is 10.6. The average Bonchev–Trinajstić information content (AvgIpc) is 1.81. The predicted octanol–water partition coefficient (Wildman–Crippen LogP) is -1.79. The summed E-state index contributed by atoms with van der Waals surface area (Å²) >= 11 is 0. The summed E-state index contributed by atoms with van der Waals surface area (Å²) in [6.45, 7) is 2.19. The van der Waals surface area contributed by atoms with E-state index in [1.165, 1.54) is 12.5 Å². The molecule has 0 aromatic heterocycles. The second kappa shape index (κ2) is 7.57. The Bertz CT molecular complexity index is 37.5. The maximum absolute atomic E-state index is 5.31. The summed E-state index contributed by atoms with van der Waals surface area (Å²) < 4.78 is 10.3. The van der Waals surface area contributed by atoms with Gasteiger partial charge in [-0.2, -0.15) is 0 Å². The Morgan fingerprint density at radius 3 is 2.88 bits per heavy atom. The van der Waals surface area contributed by atoms with Gasteiger partial charge in [-0.1, -0.05) is 13.3 Å². The van der Waals surface area contributed by atoms with Gasteiger partial charge in [0.15, 0.2) is 0 Å². The van der Waals surface area contributed by atoms with E-state index in [1.807, 2.05) is 0 Å². The van der Waals surface area contributed by atoms with Crippen molar-refractivity contribution >= 4 is 30.3 Å². The van der Waals surface area contributed by atoms with E-state index in [0.717, 1.165) is 10.5 Å². The molecule has 0 saturated carbocycles. The molecule has 0 atom stereocenters. The third kappa shape index (κ3) is 6.57. The zero-order chi connectivity index (χ0) is 6.24. The molecular formula is C3H14O2Si3. The van der Waals surface area contributed by atoms with Crippen molar-refractivity contribution in [2.75, 3.05) is 0 Å². The largest absolute Gasteiger partial charge is 0.449 e. The van der Waals surface area contributed by atoms with Gasteiger partial charge >= 0.3 is 0 Å². The van der Waals surface area contributed by atoms with Gasteiger partial charge in [-0.25, -0.2) is 0 Å². The maximum Gasteiger partial charge on any atom is 0.282 e. The maximum atomic E-state index is 5.31. The fourth-order valence-corrected chi connectivity index (χ4v) is 4.13. The molecule has 5 heteroatoms. The van der Waals surface area contributed by atoms with Gasteiger partial charge < -0.3 is 8.23 Å². The van der Waals surface area contributed by atoms with Crippen molar-refractivity contribution in [2.45, 2.75) is 19.4 Å². The summed E-state index contributed by atoms with van der Waals surface area (Å²) in [6.07, 6.45) is 1.28. The van der Waals surface area contributed by atoms with Crippen LogP contribution in [-0.2, 0) is 8.23 Å². The molecule has 0 N–H and O–H groups in total. The minimum Gasteiger partial charge on any atom is -0.449 e. The second-order valence-electron chi connectivity index (χ2n) is 1.67. The molecule has 0 fully saturated rings. The minimum absolute atomic E-state index is 0.141. The molecule has 0 unspecified atom stereocenters. The van der Waals surface area contributed by atoms with E-state index in [4.69, 9.17) is 8.23 Å². The molecule has 0 aliphatic heterocycles. The van der Waals surface area contributed by atoms with Gasteiger partial charge in [0.25, 0.3) is 10.0 Å². The van der Waals surface area contributed by atoms with Gasteiger partial charge in [-0.3, -0.25) is 0 Å². The van der Waals surface area contributed by atoms with Crippen LogP contribution < -0.4 is 0 Å². The van der Waals surface area contributed by atoms with Crippen molar-refractivity contribution in [2.24, 2.45) is 0 Å². The van der Waals surface area contributed by atoms with Crippen molar-refractivity contribution in [3.8, 4) is 0 Å². The SMILES string of the molecule is CCC[SiH2]O[SiH2]O[SiH3]. The first-order chi connectivity index (χ1) is 3.91. The summed E-state index contributed by atoms with van der Waals surface area (Å²) in [6, 6.07) is 1.32. The standard InChI is InChI=1S/C3H14O2Si3/c1-2-3-7-5-8-4-6/h2-3,7-8H2,1,6H3. The smallest absolute Gasteiger partial charge is 0.282 e. The van der Waals surface area contributed by atoms with Crippen LogP contribution in [-0.4, -0.2) is 30.3 Å². The summed E-state index contributed by atoms with van der Waals surface area (Å²) in [5, 5.41) is 0. The Morgan fingerprint density at radius 1 is 1.62 bits per heavy atom. The normalized spacial score (nSPS) is 13.1. The van der Waals surface area contributed by atoms with Crippen molar-refractivity contribution in [3.05, 3.63) is 0 Å². The second-order valence-corrected chi connectivity index (χ2v) is 6.96. The summed E-state index contributed by atoms with van der Waals surface area (Å²) in [5.74, 6) is 0. The quantitative estimate of drug-likeness (QED) is 0.355. The molecule has 0 amide bonds. The molecule has 0 aromatic carbocycles. The molecule has 0 saturated heterocycles. The number of hydrogen-bond acceptors (Lipinski definition) is 2. The van der Waals surface area contributed by atoms with Crippen LogP contribution in [0.25, 0.3) is 0 Å². The highest BCUT2D eigenvalue weighted by atomic mass is 28.3. The monoisotopic (exact) mass is 166 g/mol. The Morgan fingerprint density at radius 2 is 2.38 bits per heavy atom. The number of rotatable bonds is 5. The van der Waals surface area contributed by atoms with Crippen LogP contribution in [0.4, 0.5) is 0 Å². The van der Waals surface area contributed by atoms with Crippen LogP contribution in [0.1, 0.15) is 13.3 Å². The Kier molecular flexibility index (Phi) is 8.11. The summed E-state index contributed by atoms with van der Waals surface area (Å²) in [5.41, 5.74) is 0. The van der Waals surface area contributed by atoms with E-state index in [-0.39, 0.29) is 9.76 Å². The van der Waals surface area contributed by atoms with Gasteiger partial charge in [0.05, 0.1) is 0 Å². The fourth-order valence-electron chi connectivity index (χ4n) is 0.389. The molecule has 0 aromatic rings. The van der Waals surface area contributed by atoms with Crippen molar-refractivity contribution in [3.63, 3.8) is 0 Å². The van der Waals surface area contributed by atoms with Crippen LogP contribution in [0.5, 0.6) is 0 Å². The summed E-state index contributed by atoms with van der Waals surface area (Å²) in [4.78, 5) is 0. The molecule has 0 spiro atoms. The molecular weight excluding hydrogens is 152 g/mol. The van der Waals surface area contributed by atoms with E-state index in [1.54, 1.807) is 0 Å². The third-order valence-corrected chi connectivity index (χ3v) is 4.60. The lowest BCUT2D eigenvalue weighted by Gasteiger charge is -1.98.